The maximum atomic E-state index is 4.80. The van der Waals surface area contributed by atoms with E-state index in [4.69, 9.17) is 25.3 Å². The molecule has 0 rings (SSSR count). The quantitative estimate of drug-likeness (QED) is 0.375. The Kier molecular flexibility index (Phi) is 14.6. The first-order valence-electron chi connectivity index (χ1n) is 10.0. The molecule has 0 amide bonds. The van der Waals surface area contributed by atoms with Crippen LogP contribution in [0.15, 0.2) is 0 Å². The third-order valence-electron chi connectivity index (χ3n) is 4.71. The molecule has 0 fully saturated rings. The van der Waals surface area contributed by atoms with Crippen molar-refractivity contribution in [3.63, 3.8) is 0 Å². The predicted molar refractivity (Wildman–Crippen MR) is 126 cm³/mol. The Labute approximate surface area is 174 Å². The lowest BCUT2D eigenvalue weighted by molar-refractivity contribution is 0.173. The van der Waals surface area contributed by atoms with Crippen molar-refractivity contribution in [2.75, 3.05) is 24.6 Å². The molecule has 2 atom stereocenters. The third kappa shape index (κ3) is 12.1. The average Bonchev–Trinajstić information content (AvgIpc) is 2.45. The third-order valence-corrected chi connectivity index (χ3v) is 7.37. The van der Waals surface area contributed by atoms with Crippen LogP contribution in [0.25, 0.3) is 0 Å². The van der Waals surface area contributed by atoms with Crippen molar-refractivity contribution in [1.82, 2.24) is 9.80 Å². The van der Waals surface area contributed by atoms with Gasteiger partial charge in [-0.1, -0.05) is 0 Å². The summed E-state index contributed by atoms with van der Waals surface area (Å²) in [6.45, 7) is 20.6. The van der Waals surface area contributed by atoms with Gasteiger partial charge in [-0.3, -0.25) is 9.80 Å². The molecule has 152 valence electrons. The number of thioether (sulfide) groups is 1. The molecule has 0 saturated carbocycles. The molecule has 25 heavy (non-hydrogen) atoms. The lowest BCUT2D eigenvalue weighted by atomic mass is 10.2. The molecular weight excluding hydrogens is 364 g/mol. The largest absolute Gasteiger partial charge is 0.299 e. The zero-order valence-corrected chi connectivity index (χ0v) is 20.5. The van der Waals surface area contributed by atoms with E-state index in [0.29, 0.717) is 34.7 Å². The van der Waals surface area contributed by atoms with Crippen molar-refractivity contribution in [3.05, 3.63) is 0 Å². The Balaban J connectivity index is 3.98. The summed E-state index contributed by atoms with van der Waals surface area (Å²) in [4.78, 5) is 5.11. The maximum Gasteiger partial charge on any atom is 0.0120 e. The lowest BCUT2D eigenvalue weighted by Gasteiger charge is -2.31. The second-order valence-corrected chi connectivity index (χ2v) is 10.8. The van der Waals surface area contributed by atoms with Crippen molar-refractivity contribution < 1.29 is 0 Å². The molecule has 0 aromatic heterocycles. The van der Waals surface area contributed by atoms with Gasteiger partial charge in [0, 0.05) is 46.2 Å². The zero-order valence-electron chi connectivity index (χ0n) is 17.9. The first-order chi connectivity index (χ1) is 11.6. The van der Waals surface area contributed by atoms with Gasteiger partial charge in [0.25, 0.3) is 0 Å². The number of hydrogen-bond donors (Lipinski definition) is 2. The molecule has 0 aromatic carbocycles. The van der Waals surface area contributed by atoms with Gasteiger partial charge >= 0.3 is 0 Å². The minimum Gasteiger partial charge on any atom is -0.299 e. The fourth-order valence-electron chi connectivity index (χ4n) is 3.33. The molecule has 0 aliphatic rings. The van der Waals surface area contributed by atoms with E-state index >= 15 is 0 Å². The summed E-state index contributed by atoms with van der Waals surface area (Å²) in [5.74, 6) is 2.25. The van der Waals surface area contributed by atoms with Crippen LogP contribution in [0.4, 0.5) is 0 Å². The Morgan fingerprint density at radius 1 is 0.600 bits per heavy atom. The van der Waals surface area contributed by atoms with Crippen LogP contribution in [0.2, 0.25) is 0 Å². The van der Waals surface area contributed by atoms with E-state index < -0.39 is 0 Å². The number of nitrogens with zero attached hydrogens (tertiary/aromatic N) is 2. The molecule has 0 N–H and O–H groups in total. The number of rotatable bonds is 14. The molecule has 0 heterocycles. The SMILES string of the molecule is CC(C)N(CCC(S)CSCC(S)CCN(C(C)C)C(C)C)C(C)C. The molecule has 2 unspecified atom stereocenters. The normalized spacial score (nSPS) is 15.4. The smallest absolute Gasteiger partial charge is 0.0120 e. The predicted octanol–water partition coefficient (Wildman–Crippen LogP) is 5.33. The van der Waals surface area contributed by atoms with Crippen LogP contribution in [0.5, 0.6) is 0 Å². The Hall–Kier alpha value is 0.970. The molecule has 0 radical (unpaired) electrons. The highest BCUT2D eigenvalue weighted by atomic mass is 32.2. The van der Waals surface area contributed by atoms with E-state index in [-0.39, 0.29) is 0 Å². The molecular formula is C20H44N2S3. The van der Waals surface area contributed by atoms with Gasteiger partial charge in [-0.05, 0) is 81.3 Å². The molecule has 0 aromatic rings. The fraction of sp³-hybridized carbons (Fsp3) is 1.00. The highest BCUT2D eigenvalue weighted by Crippen LogP contribution is 2.18. The summed E-state index contributed by atoms with van der Waals surface area (Å²) >= 11 is 11.6. The summed E-state index contributed by atoms with van der Waals surface area (Å²) in [5, 5.41) is 0.960. The van der Waals surface area contributed by atoms with Crippen molar-refractivity contribution >= 4 is 37.0 Å². The molecule has 0 aliphatic carbocycles. The van der Waals surface area contributed by atoms with Gasteiger partial charge < -0.3 is 0 Å². The zero-order chi connectivity index (χ0) is 19.6. The standard InChI is InChI=1S/C20H44N2S3/c1-15(2)21(16(3)4)11-9-19(23)13-25-14-20(24)10-12-22(17(5)6)18(7)8/h15-20,23-24H,9-14H2,1-8H3. The van der Waals surface area contributed by atoms with Crippen LogP contribution in [-0.4, -0.2) is 69.1 Å². The second kappa shape index (κ2) is 14.0. The minimum atomic E-state index is 0.480. The first-order valence-corrected chi connectivity index (χ1v) is 12.2. The lowest BCUT2D eigenvalue weighted by Crippen LogP contribution is -2.38. The maximum absolute atomic E-state index is 4.80. The van der Waals surface area contributed by atoms with Gasteiger partial charge in [0.2, 0.25) is 0 Å². The van der Waals surface area contributed by atoms with Crippen LogP contribution < -0.4 is 0 Å². The van der Waals surface area contributed by atoms with E-state index in [1.807, 2.05) is 11.8 Å². The van der Waals surface area contributed by atoms with Crippen molar-refractivity contribution in [2.45, 2.75) is 103 Å². The van der Waals surface area contributed by atoms with Gasteiger partial charge in [0.15, 0.2) is 0 Å². The number of thiol groups is 2. The van der Waals surface area contributed by atoms with Crippen LogP contribution in [-0.2, 0) is 0 Å². The minimum absolute atomic E-state index is 0.480. The van der Waals surface area contributed by atoms with E-state index in [1.54, 1.807) is 0 Å². The summed E-state index contributed by atoms with van der Waals surface area (Å²) in [5.41, 5.74) is 0. The Bertz CT molecular complexity index is 276. The molecule has 0 bridgehead atoms. The van der Waals surface area contributed by atoms with Crippen molar-refractivity contribution in [2.24, 2.45) is 0 Å². The summed E-state index contributed by atoms with van der Waals surface area (Å²) < 4.78 is 0. The van der Waals surface area contributed by atoms with E-state index in [1.165, 1.54) is 0 Å². The fourth-order valence-corrected chi connectivity index (χ4v) is 5.21. The summed E-state index contributed by atoms with van der Waals surface area (Å²) in [6.07, 6.45) is 2.33. The molecule has 2 nitrogen and oxygen atoms in total. The van der Waals surface area contributed by atoms with Crippen LogP contribution in [0, 0.1) is 0 Å². The Morgan fingerprint density at radius 2 is 0.880 bits per heavy atom. The van der Waals surface area contributed by atoms with Crippen LogP contribution in [0.1, 0.15) is 68.2 Å². The molecule has 5 heteroatoms. The second-order valence-electron chi connectivity index (χ2n) is 8.27. The van der Waals surface area contributed by atoms with Gasteiger partial charge in [-0.2, -0.15) is 37.0 Å². The van der Waals surface area contributed by atoms with Gasteiger partial charge in [-0.25, -0.2) is 0 Å². The van der Waals surface area contributed by atoms with Gasteiger partial charge in [0.05, 0.1) is 0 Å². The monoisotopic (exact) mass is 408 g/mol. The van der Waals surface area contributed by atoms with Crippen molar-refractivity contribution in [1.29, 1.82) is 0 Å². The molecule has 0 saturated heterocycles. The first kappa shape index (κ1) is 26.0. The topological polar surface area (TPSA) is 6.48 Å². The molecule has 0 spiro atoms. The molecule has 0 aliphatic heterocycles. The van der Waals surface area contributed by atoms with Gasteiger partial charge in [-0.15, -0.1) is 0 Å². The highest BCUT2D eigenvalue weighted by Gasteiger charge is 2.16. The van der Waals surface area contributed by atoms with Crippen LogP contribution >= 0.6 is 37.0 Å². The van der Waals surface area contributed by atoms with E-state index in [0.717, 1.165) is 37.4 Å². The number of hydrogen-bond acceptors (Lipinski definition) is 5. The van der Waals surface area contributed by atoms with E-state index in [9.17, 15) is 0 Å². The van der Waals surface area contributed by atoms with E-state index in [2.05, 4.69) is 65.2 Å². The summed E-state index contributed by atoms with van der Waals surface area (Å²) in [6, 6.07) is 2.44. The van der Waals surface area contributed by atoms with Crippen LogP contribution in [0.3, 0.4) is 0 Å². The Morgan fingerprint density at radius 3 is 1.12 bits per heavy atom. The van der Waals surface area contributed by atoms with Gasteiger partial charge in [0.1, 0.15) is 0 Å². The summed E-state index contributed by atoms with van der Waals surface area (Å²) in [7, 11) is 0. The highest BCUT2D eigenvalue weighted by molar-refractivity contribution is 8.00. The van der Waals surface area contributed by atoms with Crippen molar-refractivity contribution in [3.8, 4) is 0 Å². The average molecular weight is 409 g/mol.